The summed E-state index contributed by atoms with van der Waals surface area (Å²) in [6, 6.07) is 14.7. The van der Waals surface area contributed by atoms with Gasteiger partial charge in [-0.2, -0.15) is 5.26 Å². The summed E-state index contributed by atoms with van der Waals surface area (Å²) in [5.74, 6) is -0.475. The average molecular weight is 333 g/mol. The van der Waals surface area contributed by atoms with E-state index in [0.29, 0.717) is 6.54 Å². The first-order chi connectivity index (χ1) is 9.60. The molecule has 0 saturated heterocycles. The monoisotopic (exact) mass is 332 g/mol. The number of nitrogens with one attached hydrogen (secondary N) is 1. The minimum absolute atomic E-state index is 0.0839. The van der Waals surface area contributed by atoms with Gasteiger partial charge in [0.2, 0.25) is 0 Å². The quantitative estimate of drug-likeness (QED) is 0.905. The molecule has 0 aliphatic carbocycles. The molecule has 0 radical (unpaired) electrons. The molecule has 2 nitrogen and oxygen atoms in total. The number of hydrogen-bond acceptors (Lipinski definition) is 2. The molecule has 0 saturated carbocycles. The van der Waals surface area contributed by atoms with Crippen LogP contribution in [0.2, 0.25) is 0 Å². The lowest BCUT2D eigenvalue weighted by molar-refractivity contribution is 0.572. The van der Waals surface area contributed by atoms with Gasteiger partial charge in [0.1, 0.15) is 11.9 Å². The summed E-state index contributed by atoms with van der Waals surface area (Å²) in [5.41, 5.74) is 2.16. The average Bonchev–Trinajstić information content (AvgIpc) is 2.46. The molecule has 0 fully saturated rings. The van der Waals surface area contributed by atoms with Gasteiger partial charge < -0.3 is 5.32 Å². The summed E-state index contributed by atoms with van der Waals surface area (Å²) in [5, 5.41) is 12.2. The molecule has 1 N–H and O–H groups in total. The van der Waals surface area contributed by atoms with E-state index in [-0.39, 0.29) is 11.6 Å². The number of nitriles is 1. The van der Waals surface area contributed by atoms with E-state index in [1.165, 1.54) is 11.6 Å². The Hall–Kier alpha value is -1.70. The third kappa shape index (κ3) is 3.66. The second kappa shape index (κ2) is 6.65. The van der Waals surface area contributed by atoms with Gasteiger partial charge in [-0.3, -0.25) is 0 Å². The Bertz CT molecular complexity index is 632. The van der Waals surface area contributed by atoms with Gasteiger partial charge in [0.25, 0.3) is 0 Å². The molecule has 0 bridgehead atoms. The van der Waals surface area contributed by atoms with Crippen molar-refractivity contribution in [1.29, 1.82) is 5.26 Å². The van der Waals surface area contributed by atoms with Gasteiger partial charge in [-0.15, -0.1) is 0 Å². The Labute approximate surface area is 126 Å². The molecular formula is C16H14BrFN2. The standard InChI is InChI=1S/C16H14BrFN2/c1-11(13-3-5-15(17)6-4-13)20-10-12-2-7-16(18)14(8-12)9-19/h2-8,11,20H,10H2,1H3/t11-/m0/s1. The van der Waals surface area contributed by atoms with Gasteiger partial charge in [-0.05, 0) is 42.3 Å². The lowest BCUT2D eigenvalue weighted by atomic mass is 10.1. The van der Waals surface area contributed by atoms with Crippen LogP contribution in [0.3, 0.4) is 0 Å². The Morgan fingerprint density at radius 2 is 1.95 bits per heavy atom. The van der Waals surface area contributed by atoms with E-state index in [1.807, 2.05) is 30.3 Å². The van der Waals surface area contributed by atoms with E-state index < -0.39 is 5.82 Å². The highest BCUT2D eigenvalue weighted by Gasteiger charge is 2.06. The molecule has 0 amide bonds. The van der Waals surface area contributed by atoms with Gasteiger partial charge >= 0.3 is 0 Å². The third-order valence-electron chi connectivity index (χ3n) is 3.13. The van der Waals surface area contributed by atoms with Crippen molar-refractivity contribution in [2.24, 2.45) is 0 Å². The highest BCUT2D eigenvalue weighted by atomic mass is 79.9. The van der Waals surface area contributed by atoms with Crippen LogP contribution in [-0.2, 0) is 6.54 Å². The SMILES string of the molecule is C[C@H](NCc1ccc(F)c(C#N)c1)c1ccc(Br)cc1. The van der Waals surface area contributed by atoms with E-state index in [0.717, 1.165) is 10.0 Å². The van der Waals surface area contributed by atoms with Crippen molar-refractivity contribution < 1.29 is 4.39 Å². The Kier molecular flexibility index (Phi) is 4.89. The summed E-state index contributed by atoms with van der Waals surface area (Å²) in [6.45, 7) is 2.66. The van der Waals surface area contributed by atoms with E-state index in [1.54, 1.807) is 12.1 Å². The maximum Gasteiger partial charge on any atom is 0.140 e. The zero-order chi connectivity index (χ0) is 14.5. The molecule has 20 heavy (non-hydrogen) atoms. The number of halogens is 2. The molecule has 2 aromatic carbocycles. The van der Waals surface area contributed by atoms with E-state index in [9.17, 15) is 4.39 Å². The highest BCUT2D eigenvalue weighted by molar-refractivity contribution is 9.10. The summed E-state index contributed by atoms with van der Waals surface area (Å²) in [6.07, 6.45) is 0. The summed E-state index contributed by atoms with van der Waals surface area (Å²) >= 11 is 3.41. The van der Waals surface area contributed by atoms with Gasteiger partial charge in [-0.1, -0.05) is 34.1 Å². The minimum Gasteiger partial charge on any atom is -0.306 e. The number of nitrogens with zero attached hydrogens (tertiary/aromatic N) is 1. The van der Waals surface area contributed by atoms with Crippen molar-refractivity contribution in [3.05, 3.63) is 69.4 Å². The smallest absolute Gasteiger partial charge is 0.140 e. The molecule has 0 heterocycles. The molecule has 2 rings (SSSR count). The largest absolute Gasteiger partial charge is 0.306 e. The fraction of sp³-hybridized carbons (Fsp3) is 0.188. The normalized spacial score (nSPS) is 11.9. The first-order valence-electron chi connectivity index (χ1n) is 6.27. The first-order valence-corrected chi connectivity index (χ1v) is 7.07. The van der Waals surface area contributed by atoms with E-state index in [4.69, 9.17) is 5.26 Å². The molecule has 0 aromatic heterocycles. The molecule has 0 unspecified atom stereocenters. The van der Waals surface area contributed by atoms with Gasteiger partial charge in [0.15, 0.2) is 0 Å². The summed E-state index contributed by atoms with van der Waals surface area (Å²) < 4.78 is 14.3. The predicted octanol–water partition coefficient (Wildman–Crippen LogP) is 4.31. The fourth-order valence-corrected chi connectivity index (χ4v) is 2.17. The lowest BCUT2D eigenvalue weighted by Gasteiger charge is -2.14. The minimum atomic E-state index is -0.475. The highest BCUT2D eigenvalue weighted by Crippen LogP contribution is 2.17. The maximum atomic E-state index is 13.2. The van der Waals surface area contributed by atoms with Gasteiger partial charge in [0.05, 0.1) is 5.56 Å². The zero-order valence-electron chi connectivity index (χ0n) is 11.0. The summed E-state index contributed by atoms with van der Waals surface area (Å²) in [7, 11) is 0. The van der Waals surface area contributed by atoms with Crippen molar-refractivity contribution in [3.63, 3.8) is 0 Å². The maximum absolute atomic E-state index is 13.2. The molecule has 4 heteroatoms. The Morgan fingerprint density at radius 1 is 1.25 bits per heavy atom. The van der Waals surface area contributed by atoms with Crippen LogP contribution in [0.25, 0.3) is 0 Å². The van der Waals surface area contributed by atoms with Crippen LogP contribution in [0.15, 0.2) is 46.9 Å². The van der Waals surface area contributed by atoms with Crippen LogP contribution >= 0.6 is 15.9 Å². The molecular weight excluding hydrogens is 319 g/mol. The van der Waals surface area contributed by atoms with Crippen LogP contribution in [-0.4, -0.2) is 0 Å². The molecule has 2 aromatic rings. The second-order valence-corrected chi connectivity index (χ2v) is 5.50. The third-order valence-corrected chi connectivity index (χ3v) is 3.66. The Morgan fingerprint density at radius 3 is 2.60 bits per heavy atom. The zero-order valence-corrected chi connectivity index (χ0v) is 12.6. The van der Waals surface area contributed by atoms with Gasteiger partial charge in [-0.25, -0.2) is 4.39 Å². The van der Waals surface area contributed by atoms with E-state index >= 15 is 0 Å². The first kappa shape index (κ1) is 14.7. The van der Waals surface area contributed by atoms with Crippen molar-refractivity contribution in [2.45, 2.75) is 19.5 Å². The molecule has 0 spiro atoms. The molecule has 1 atom stereocenters. The van der Waals surface area contributed by atoms with Crippen molar-refractivity contribution in [1.82, 2.24) is 5.32 Å². The van der Waals surface area contributed by atoms with Crippen LogP contribution in [0.5, 0.6) is 0 Å². The molecule has 0 aliphatic heterocycles. The fourth-order valence-electron chi connectivity index (χ4n) is 1.91. The Balaban J connectivity index is 2.01. The topological polar surface area (TPSA) is 35.8 Å². The molecule has 0 aliphatic rings. The van der Waals surface area contributed by atoms with E-state index in [2.05, 4.69) is 28.2 Å². The van der Waals surface area contributed by atoms with Crippen molar-refractivity contribution in [3.8, 4) is 6.07 Å². The summed E-state index contributed by atoms with van der Waals surface area (Å²) in [4.78, 5) is 0. The van der Waals surface area contributed by atoms with Crippen molar-refractivity contribution >= 4 is 15.9 Å². The number of hydrogen-bond donors (Lipinski definition) is 1. The van der Waals surface area contributed by atoms with Crippen LogP contribution in [0, 0.1) is 17.1 Å². The van der Waals surface area contributed by atoms with Crippen LogP contribution in [0.4, 0.5) is 4.39 Å². The molecule has 102 valence electrons. The van der Waals surface area contributed by atoms with Crippen molar-refractivity contribution in [2.75, 3.05) is 0 Å². The number of rotatable bonds is 4. The predicted molar refractivity (Wildman–Crippen MR) is 80.5 cm³/mol. The van der Waals surface area contributed by atoms with Gasteiger partial charge in [0, 0.05) is 17.1 Å². The number of benzene rings is 2. The second-order valence-electron chi connectivity index (χ2n) is 4.58. The van der Waals surface area contributed by atoms with Crippen LogP contribution < -0.4 is 5.32 Å². The lowest BCUT2D eigenvalue weighted by Crippen LogP contribution is -2.18. The van der Waals surface area contributed by atoms with Crippen LogP contribution in [0.1, 0.15) is 29.7 Å².